The Balaban J connectivity index is 3.04. The Kier molecular flexibility index (Phi) is 1.38. The molecular formula is C5H7FN2O. The van der Waals surface area contributed by atoms with E-state index in [0.29, 0.717) is 0 Å². The minimum atomic E-state index is -0.419. The maximum absolute atomic E-state index is 12.5. The van der Waals surface area contributed by atoms with Crippen LogP contribution in [-0.2, 0) is 0 Å². The number of halogens is 1. The predicted molar refractivity (Wildman–Crippen MR) is 30.7 cm³/mol. The molecule has 0 aliphatic carbocycles. The SMILES string of the molecule is CNc1noc(C)c1F. The van der Waals surface area contributed by atoms with Gasteiger partial charge in [-0.1, -0.05) is 5.16 Å². The van der Waals surface area contributed by atoms with E-state index < -0.39 is 5.82 Å². The Morgan fingerprint density at radius 2 is 2.33 bits per heavy atom. The molecule has 1 heterocycles. The summed E-state index contributed by atoms with van der Waals surface area (Å²) in [6.45, 7) is 1.52. The highest BCUT2D eigenvalue weighted by atomic mass is 19.1. The lowest BCUT2D eigenvalue weighted by Crippen LogP contribution is -1.89. The molecule has 0 bridgehead atoms. The minimum Gasteiger partial charge on any atom is -0.368 e. The molecule has 0 spiro atoms. The molecule has 0 radical (unpaired) electrons. The monoisotopic (exact) mass is 130 g/mol. The third-order valence-corrected chi connectivity index (χ3v) is 1.03. The highest BCUT2D eigenvalue weighted by Crippen LogP contribution is 2.13. The van der Waals surface area contributed by atoms with Gasteiger partial charge >= 0.3 is 0 Å². The van der Waals surface area contributed by atoms with Gasteiger partial charge in [-0.3, -0.25) is 0 Å². The van der Waals surface area contributed by atoms with Gasteiger partial charge in [0.2, 0.25) is 11.6 Å². The zero-order valence-electron chi connectivity index (χ0n) is 5.23. The van der Waals surface area contributed by atoms with Gasteiger partial charge in [-0.2, -0.15) is 4.39 Å². The summed E-state index contributed by atoms with van der Waals surface area (Å²) >= 11 is 0. The first-order chi connectivity index (χ1) is 4.25. The van der Waals surface area contributed by atoms with E-state index >= 15 is 0 Å². The van der Waals surface area contributed by atoms with Gasteiger partial charge in [0, 0.05) is 7.05 Å². The average Bonchev–Trinajstić information content (AvgIpc) is 2.15. The highest BCUT2D eigenvalue weighted by Gasteiger charge is 2.08. The van der Waals surface area contributed by atoms with E-state index in [1.807, 2.05) is 0 Å². The molecule has 9 heavy (non-hydrogen) atoms. The molecule has 1 N–H and O–H groups in total. The molecule has 50 valence electrons. The summed E-state index contributed by atoms with van der Waals surface area (Å²) in [6.07, 6.45) is 0. The number of aromatic nitrogens is 1. The van der Waals surface area contributed by atoms with Crippen LogP contribution in [0.4, 0.5) is 10.2 Å². The van der Waals surface area contributed by atoms with Gasteiger partial charge in [0.25, 0.3) is 0 Å². The van der Waals surface area contributed by atoms with Crippen LogP contribution in [-0.4, -0.2) is 12.2 Å². The third kappa shape index (κ3) is 0.872. The molecule has 0 unspecified atom stereocenters. The average molecular weight is 130 g/mol. The van der Waals surface area contributed by atoms with Crippen molar-refractivity contribution in [3.63, 3.8) is 0 Å². The van der Waals surface area contributed by atoms with Crippen LogP contribution >= 0.6 is 0 Å². The summed E-state index contributed by atoms with van der Waals surface area (Å²) in [4.78, 5) is 0. The van der Waals surface area contributed by atoms with Crippen LogP contribution in [0.3, 0.4) is 0 Å². The van der Waals surface area contributed by atoms with Crippen LogP contribution in [0.1, 0.15) is 5.76 Å². The summed E-state index contributed by atoms with van der Waals surface area (Å²) in [5, 5.41) is 5.91. The van der Waals surface area contributed by atoms with E-state index in [2.05, 4.69) is 15.0 Å². The third-order valence-electron chi connectivity index (χ3n) is 1.03. The molecule has 0 saturated heterocycles. The zero-order valence-corrected chi connectivity index (χ0v) is 5.23. The van der Waals surface area contributed by atoms with Crippen molar-refractivity contribution in [3.05, 3.63) is 11.6 Å². The van der Waals surface area contributed by atoms with Crippen molar-refractivity contribution in [2.45, 2.75) is 6.92 Å². The van der Waals surface area contributed by atoms with Gasteiger partial charge in [0.15, 0.2) is 5.76 Å². The Hall–Kier alpha value is -1.06. The summed E-state index contributed by atoms with van der Waals surface area (Å²) in [6, 6.07) is 0. The first-order valence-electron chi connectivity index (χ1n) is 2.55. The second-order valence-corrected chi connectivity index (χ2v) is 1.65. The fourth-order valence-electron chi connectivity index (χ4n) is 0.516. The summed E-state index contributed by atoms with van der Waals surface area (Å²) in [5.74, 6) is -0.0515. The second kappa shape index (κ2) is 2.05. The number of nitrogens with one attached hydrogen (secondary N) is 1. The second-order valence-electron chi connectivity index (χ2n) is 1.65. The van der Waals surface area contributed by atoms with E-state index in [1.54, 1.807) is 7.05 Å². The molecule has 0 aromatic carbocycles. The zero-order chi connectivity index (χ0) is 6.85. The van der Waals surface area contributed by atoms with Crippen molar-refractivity contribution < 1.29 is 8.91 Å². The topological polar surface area (TPSA) is 38.1 Å². The number of aryl methyl sites for hydroxylation is 1. The van der Waals surface area contributed by atoms with Crippen molar-refractivity contribution in [2.75, 3.05) is 12.4 Å². The van der Waals surface area contributed by atoms with Crippen molar-refractivity contribution in [3.8, 4) is 0 Å². The lowest BCUT2D eigenvalue weighted by atomic mass is 10.5. The molecule has 3 nitrogen and oxygen atoms in total. The largest absolute Gasteiger partial charge is 0.368 e. The van der Waals surface area contributed by atoms with E-state index in [-0.39, 0.29) is 11.6 Å². The molecule has 0 aliphatic rings. The molecule has 1 rings (SSSR count). The number of anilines is 1. The van der Waals surface area contributed by atoms with E-state index in [9.17, 15) is 4.39 Å². The minimum absolute atomic E-state index is 0.160. The van der Waals surface area contributed by atoms with Crippen LogP contribution < -0.4 is 5.32 Å². The summed E-state index contributed by atoms with van der Waals surface area (Å²) < 4.78 is 17.0. The van der Waals surface area contributed by atoms with Crippen LogP contribution in [0, 0.1) is 12.7 Å². The molecule has 0 atom stereocenters. The molecule has 1 aromatic rings. The van der Waals surface area contributed by atoms with Gasteiger partial charge in [-0.15, -0.1) is 0 Å². The van der Waals surface area contributed by atoms with Crippen LogP contribution in [0.15, 0.2) is 4.52 Å². The number of hydrogen-bond donors (Lipinski definition) is 1. The molecule has 0 saturated carbocycles. The highest BCUT2D eigenvalue weighted by molar-refractivity contribution is 5.34. The van der Waals surface area contributed by atoms with Gasteiger partial charge < -0.3 is 9.84 Å². The van der Waals surface area contributed by atoms with Crippen LogP contribution in [0.5, 0.6) is 0 Å². The standard InChI is InChI=1S/C5H7FN2O/c1-3-4(6)5(7-2)8-9-3/h1-2H3,(H,7,8). The van der Waals surface area contributed by atoms with Crippen molar-refractivity contribution in [2.24, 2.45) is 0 Å². The maximum atomic E-state index is 12.5. The first-order valence-corrected chi connectivity index (χ1v) is 2.55. The number of nitrogens with zero attached hydrogens (tertiary/aromatic N) is 1. The van der Waals surface area contributed by atoms with E-state index in [4.69, 9.17) is 0 Å². The van der Waals surface area contributed by atoms with Gasteiger partial charge in [-0.25, -0.2) is 0 Å². The Labute approximate surface area is 51.8 Å². The number of hydrogen-bond acceptors (Lipinski definition) is 3. The fraction of sp³-hybridized carbons (Fsp3) is 0.400. The molecule has 4 heteroatoms. The Morgan fingerprint density at radius 3 is 2.56 bits per heavy atom. The Morgan fingerprint density at radius 1 is 1.67 bits per heavy atom. The van der Waals surface area contributed by atoms with Crippen molar-refractivity contribution >= 4 is 5.82 Å². The molecule has 0 fully saturated rings. The van der Waals surface area contributed by atoms with Crippen molar-refractivity contribution in [1.29, 1.82) is 0 Å². The molecular weight excluding hydrogens is 123 g/mol. The van der Waals surface area contributed by atoms with Crippen molar-refractivity contribution in [1.82, 2.24) is 5.16 Å². The lowest BCUT2D eigenvalue weighted by Gasteiger charge is -1.86. The van der Waals surface area contributed by atoms with Crippen LogP contribution in [0.2, 0.25) is 0 Å². The lowest BCUT2D eigenvalue weighted by molar-refractivity contribution is 0.390. The Bertz CT molecular complexity index is 209. The maximum Gasteiger partial charge on any atom is 0.209 e. The normalized spacial score (nSPS) is 9.67. The quantitative estimate of drug-likeness (QED) is 0.620. The molecule has 0 aliphatic heterocycles. The van der Waals surface area contributed by atoms with Crippen LogP contribution in [0.25, 0.3) is 0 Å². The molecule has 0 amide bonds. The predicted octanol–water partition coefficient (Wildman–Crippen LogP) is 1.16. The summed E-state index contributed by atoms with van der Waals surface area (Å²) in [7, 11) is 1.58. The van der Waals surface area contributed by atoms with E-state index in [1.165, 1.54) is 6.92 Å². The first kappa shape index (κ1) is 6.07. The fourth-order valence-corrected chi connectivity index (χ4v) is 0.516. The van der Waals surface area contributed by atoms with Gasteiger partial charge in [-0.05, 0) is 6.92 Å². The summed E-state index contributed by atoms with van der Waals surface area (Å²) in [5.41, 5.74) is 0. The smallest absolute Gasteiger partial charge is 0.209 e. The van der Waals surface area contributed by atoms with Gasteiger partial charge in [0.1, 0.15) is 0 Å². The molecule has 1 aromatic heterocycles. The number of rotatable bonds is 1. The van der Waals surface area contributed by atoms with Gasteiger partial charge in [0.05, 0.1) is 0 Å². The van der Waals surface area contributed by atoms with E-state index in [0.717, 1.165) is 0 Å².